The minimum Gasteiger partial charge on any atom is -0.462 e. The molecule has 0 amide bonds. The number of hydrogen-bond donors (Lipinski definition) is 1. The normalized spacial score (nSPS) is 10.7. The number of H-pyrrole nitrogens is 1. The number of aromatic nitrogens is 2. The third-order valence-corrected chi connectivity index (χ3v) is 3.08. The molecule has 0 unspecified atom stereocenters. The first-order valence-electron chi connectivity index (χ1n) is 6.49. The summed E-state index contributed by atoms with van der Waals surface area (Å²) in [7, 11) is 0. The topological polar surface area (TPSA) is 55.0 Å². The van der Waals surface area contributed by atoms with Crippen molar-refractivity contribution in [2.75, 3.05) is 6.61 Å². The zero-order valence-electron chi connectivity index (χ0n) is 11.1. The first kappa shape index (κ1) is 12.4. The van der Waals surface area contributed by atoms with E-state index in [-0.39, 0.29) is 5.97 Å². The van der Waals surface area contributed by atoms with E-state index >= 15 is 0 Å². The fourth-order valence-corrected chi connectivity index (χ4v) is 2.10. The highest BCUT2D eigenvalue weighted by Crippen LogP contribution is 2.22. The van der Waals surface area contributed by atoms with Crippen LogP contribution in [0.15, 0.2) is 48.7 Å². The van der Waals surface area contributed by atoms with Crippen molar-refractivity contribution in [1.29, 1.82) is 0 Å². The van der Waals surface area contributed by atoms with Crippen LogP contribution in [0.4, 0.5) is 0 Å². The van der Waals surface area contributed by atoms with Gasteiger partial charge in [-0.1, -0.05) is 18.2 Å². The van der Waals surface area contributed by atoms with E-state index in [1.165, 1.54) is 0 Å². The van der Waals surface area contributed by atoms with Gasteiger partial charge in [-0.25, -0.2) is 4.79 Å². The molecular weight excluding hydrogens is 252 g/mol. The van der Waals surface area contributed by atoms with E-state index in [4.69, 9.17) is 4.74 Å². The first-order valence-corrected chi connectivity index (χ1v) is 6.49. The summed E-state index contributed by atoms with van der Waals surface area (Å²) < 4.78 is 4.93. The van der Waals surface area contributed by atoms with Gasteiger partial charge in [0.05, 0.1) is 23.6 Å². The van der Waals surface area contributed by atoms with Gasteiger partial charge >= 0.3 is 5.97 Å². The summed E-state index contributed by atoms with van der Waals surface area (Å²) in [4.78, 5) is 19.2. The number of hydrogen-bond acceptors (Lipinski definition) is 3. The van der Waals surface area contributed by atoms with Gasteiger partial charge in [0.2, 0.25) is 0 Å². The smallest absolute Gasteiger partial charge is 0.339 e. The number of carbonyl (C=O) groups excluding carboxylic acids is 1. The molecule has 20 heavy (non-hydrogen) atoms. The average molecular weight is 266 g/mol. The summed E-state index contributed by atoms with van der Waals surface area (Å²) in [6.45, 7) is 2.15. The van der Waals surface area contributed by atoms with Gasteiger partial charge in [0.15, 0.2) is 0 Å². The third-order valence-electron chi connectivity index (χ3n) is 3.08. The molecule has 3 aromatic rings. The van der Waals surface area contributed by atoms with E-state index in [0.717, 1.165) is 22.3 Å². The molecule has 2 aromatic heterocycles. The van der Waals surface area contributed by atoms with Crippen molar-refractivity contribution in [2.45, 2.75) is 6.92 Å². The summed E-state index contributed by atoms with van der Waals surface area (Å²) >= 11 is 0. The highest BCUT2D eigenvalue weighted by Gasteiger charge is 2.08. The first-order chi connectivity index (χ1) is 9.78. The molecule has 2 heterocycles. The number of aromatic amines is 1. The van der Waals surface area contributed by atoms with Crippen LogP contribution in [0, 0.1) is 0 Å². The SMILES string of the molecule is CCOC(=O)c1ccc(-c2cc3ccccc3[nH]2)nc1. The van der Waals surface area contributed by atoms with E-state index in [0.29, 0.717) is 12.2 Å². The van der Waals surface area contributed by atoms with Crippen LogP contribution in [0.3, 0.4) is 0 Å². The number of carbonyl (C=O) groups is 1. The van der Waals surface area contributed by atoms with Gasteiger partial charge in [-0.05, 0) is 31.2 Å². The molecular formula is C16H14N2O2. The number of pyridine rings is 1. The standard InChI is InChI=1S/C16H14N2O2/c1-2-20-16(19)12-7-8-14(17-10-12)15-9-11-5-3-4-6-13(11)18-15/h3-10,18H,2H2,1H3. The van der Waals surface area contributed by atoms with Crippen molar-refractivity contribution in [2.24, 2.45) is 0 Å². The van der Waals surface area contributed by atoms with Crippen LogP contribution in [-0.2, 0) is 4.74 Å². The molecule has 0 aliphatic heterocycles. The Kier molecular flexibility index (Phi) is 3.21. The van der Waals surface area contributed by atoms with Crippen molar-refractivity contribution in [3.05, 3.63) is 54.2 Å². The number of ether oxygens (including phenoxy) is 1. The minimum absolute atomic E-state index is 0.344. The number of benzene rings is 1. The third kappa shape index (κ3) is 2.28. The molecule has 0 aliphatic carbocycles. The second kappa shape index (κ2) is 5.17. The van der Waals surface area contributed by atoms with Crippen LogP contribution >= 0.6 is 0 Å². The second-order valence-electron chi connectivity index (χ2n) is 4.42. The Morgan fingerprint density at radius 1 is 1.25 bits per heavy atom. The number of fused-ring (bicyclic) bond motifs is 1. The van der Waals surface area contributed by atoms with Gasteiger partial charge < -0.3 is 9.72 Å². The molecule has 1 aromatic carbocycles. The fraction of sp³-hybridized carbons (Fsp3) is 0.125. The monoisotopic (exact) mass is 266 g/mol. The Bertz CT molecular complexity index is 712. The zero-order valence-corrected chi connectivity index (χ0v) is 11.1. The lowest BCUT2D eigenvalue weighted by Gasteiger charge is -2.02. The fourth-order valence-electron chi connectivity index (χ4n) is 2.10. The predicted octanol–water partition coefficient (Wildman–Crippen LogP) is 3.41. The van der Waals surface area contributed by atoms with Crippen LogP contribution < -0.4 is 0 Å². The molecule has 0 spiro atoms. The molecule has 1 N–H and O–H groups in total. The van der Waals surface area contributed by atoms with Gasteiger partial charge in [0, 0.05) is 17.1 Å². The lowest BCUT2D eigenvalue weighted by Crippen LogP contribution is -2.04. The molecule has 0 fully saturated rings. The number of nitrogens with zero attached hydrogens (tertiary/aromatic N) is 1. The van der Waals surface area contributed by atoms with Gasteiger partial charge in [0.1, 0.15) is 0 Å². The van der Waals surface area contributed by atoms with E-state index in [2.05, 4.69) is 9.97 Å². The van der Waals surface area contributed by atoms with Gasteiger partial charge in [0.25, 0.3) is 0 Å². The van der Waals surface area contributed by atoms with Crippen LogP contribution in [0.25, 0.3) is 22.3 Å². The van der Waals surface area contributed by atoms with Crippen LogP contribution in [0.2, 0.25) is 0 Å². The van der Waals surface area contributed by atoms with Crippen molar-refractivity contribution >= 4 is 16.9 Å². The molecule has 0 radical (unpaired) electrons. The molecule has 0 aliphatic rings. The minimum atomic E-state index is -0.344. The maximum absolute atomic E-state index is 11.6. The molecule has 0 saturated heterocycles. The molecule has 3 rings (SSSR count). The number of para-hydroxylation sites is 1. The number of rotatable bonds is 3. The van der Waals surface area contributed by atoms with Gasteiger partial charge in [-0.3, -0.25) is 4.98 Å². The molecule has 0 atom stereocenters. The van der Waals surface area contributed by atoms with Crippen LogP contribution in [-0.4, -0.2) is 22.5 Å². The highest BCUT2D eigenvalue weighted by molar-refractivity contribution is 5.90. The summed E-state index contributed by atoms with van der Waals surface area (Å²) in [5, 5.41) is 1.14. The molecule has 0 bridgehead atoms. The highest BCUT2D eigenvalue weighted by atomic mass is 16.5. The van der Waals surface area contributed by atoms with Crippen molar-refractivity contribution in [3.8, 4) is 11.4 Å². The quantitative estimate of drug-likeness (QED) is 0.739. The van der Waals surface area contributed by atoms with Crippen molar-refractivity contribution < 1.29 is 9.53 Å². The molecule has 4 nitrogen and oxygen atoms in total. The summed E-state index contributed by atoms with van der Waals surface area (Å²) in [5.74, 6) is -0.344. The largest absolute Gasteiger partial charge is 0.462 e. The Morgan fingerprint density at radius 3 is 2.80 bits per heavy atom. The van der Waals surface area contributed by atoms with Gasteiger partial charge in [-0.15, -0.1) is 0 Å². The lowest BCUT2D eigenvalue weighted by molar-refractivity contribution is 0.0526. The molecule has 0 saturated carbocycles. The summed E-state index contributed by atoms with van der Waals surface area (Å²) in [5.41, 5.74) is 3.27. The predicted molar refractivity (Wildman–Crippen MR) is 77.5 cm³/mol. The van der Waals surface area contributed by atoms with E-state index in [1.807, 2.05) is 36.4 Å². The van der Waals surface area contributed by atoms with E-state index in [1.54, 1.807) is 19.2 Å². The maximum Gasteiger partial charge on any atom is 0.339 e. The Morgan fingerprint density at radius 2 is 2.10 bits per heavy atom. The summed E-state index contributed by atoms with van der Waals surface area (Å²) in [6.07, 6.45) is 1.54. The number of esters is 1. The lowest BCUT2D eigenvalue weighted by atomic mass is 10.2. The molecule has 100 valence electrons. The van der Waals surface area contributed by atoms with Gasteiger partial charge in [-0.2, -0.15) is 0 Å². The Labute approximate surface area is 116 Å². The molecule has 4 heteroatoms. The Hall–Kier alpha value is -2.62. The van der Waals surface area contributed by atoms with E-state index in [9.17, 15) is 4.79 Å². The average Bonchev–Trinajstić information content (AvgIpc) is 2.91. The van der Waals surface area contributed by atoms with E-state index < -0.39 is 0 Å². The maximum atomic E-state index is 11.6. The second-order valence-corrected chi connectivity index (χ2v) is 4.42. The van der Waals surface area contributed by atoms with Crippen molar-refractivity contribution in [3.63, 3.8) is 0 Å². The Balaban J connectivity index is 1.92. The number of nitrogens with one attached hydrogen (secondary N) is 1. The zero-order chi connectivity index (χ0) is 13.9. The van der Waals surface area contributed by atoms with Crippen molar-refractivity contribution in [1.82, 2.24) is 9.97 Å². The van der Waals surface area contributed by atoms with Crippen LogP contribution in [0.5, 0.6) is 0 Å². The summed E-state index contributed by atoms with van der Waals surface area (Å²) in [6, 6.07) is 13.6. The van der Waals surface area contributed by atoms with Crippen LogP contribution in [0.1, 0.15) is 17.3 Å².